The number of unbranched alkanes of at least 4 members (excludes halogenated alkanes) is 1. The minimum absolute atomic E-state index is 0.0132. The molecule has 0 bridgehead atoms. The van der Waals surface area contributed by atoms with Crippen LogP contribution in [0, 0.1) is 0 Å². The lowest BCUT2D eigenvalue weighted by atomic mass is 10.1. The molecule has 2 amide bonds. The van der Waals surface area contributed by atoms with Crippen molar-refractivity contribution in [2.24, 2.45) is 0 Å². The largest absolute Gasteiger partial charge is 0.478 e. The van der Waals surface area contributed by atoms with Crippen LogP contribution in [0.25, 0.3) is 0 Å². The van der Waals surface area contributed by atoms with Crippen LogP contribution in [-0.2, 0) is 16.1 Å². The van der Waals surface area contributed by atoms with Crippen LogP contribution in [0.5, 0.6) is 5.75 Å². The zero-order chi connectivity index (χ0) is 22.8. The Kier molecular flexibility index (Phi) is 9.11. The maximum Gasteiger partial charge on any atom is 0.268 e. The van der Waals surface area contributed by atoms with Gasteiger partial charge in [0.25, 0.3) is 5.91 Å². The van der Waals surface area contributed by atoms with E-state index in [-0.39, 0.29) is 18.4 Å². The zero-order valence-electron chi connectivity index (χ0n) is 19.3. The highest BCUT2D eigenvalue weighted by molar-refractivity contribution is 6.03. The number of carbonyl (C=O) groups is 2. The van der Waals surface area contributed by atoms with Crippen molar-refractivity contribution >= 4 is 17.5 Å². The fourth-order valence-corrected chi connectivity index (χ4v) is 3.92. The normalized spacial score (nSPS) is 15.4. The molecule has 0 aromatic heterocycles. The van der Waals surface area contributed by atoms with Crippen LogP contribution in [0.15, 0.2) is 54.6 Å². The molecule has 0 unspecified atom stereocenters. The predicted octanol–water partition coefficient (Wildman–Crippen LogP) is 4.00. The zero-order valence-corrected chi connectivity index (χ0v) is 19.3. The van der Waals surface area contributed by atoms with E-state index in [4.69, 9.17) is 4.74 Å². The summed E-state index contributed by atoms with van der Waals surface area (Å²) in [5, 5.41) is 2.99. The molecule has 32 heavy (non-hydrogen) atoms. The van der Waals surface area contributed by atoms with Crippen LogP contribution in [0.2, 0.25) is 0 Å². The monoisotopic (exact) mass is 437 g/mol. The van der Waals surface area contributed by atoms with Crippen molar-refractivity contribution in [3.8, 4) is 5.75 Å². The molecule has 0 saturated carbocycles. The Morgan fingerprint density at radius 2 is 1.75 bits per heavy atom. The summed E-state index contributed by atoms with van der Waals surface area (Å²) in [5.74, 6) is 0.349. The van der Waals surface area contributed by atoms with Gasteiger partial charge in [-0.1, -0.05) is 62.7 Å². The lowest BCUT2D eigenvalue weighted by molar-refractivity contribution is -0.129. The lowest BCUT2D eigenvalue weighted by Gasteiger charge is -2.33. The fraction of sp³-hybridized carbons (Fsp3) is 0.462. The molecule has 6 nitrogen and oxygen atoms in total. The topological polar surface area (TPSA) is 61.9 Å². The molecule has 1 atom stereocenters. The Bertz CT molecular complexity index is 872. The van der Waals surface area contributed by atoms with E-state index in [9.17, 15) is 9.59 Å². The number of hydrogen-bond donors (Lipinski definition) is 1. The van der Waals surface area contributed by atoms with Gasteiger partial charge in [-0.2, -0.15) is 0 Å². The summed E-state index contributed by atoms with van der Waals surface area (Å²) < 4.78 is 5.78. The van der Waals surface area contributed by atoms with Crippen molar-refractivity contribution in [1.29, 1.82) is 0 Å². The first kappa shape index (κ1) is 23.8. The minimum atomic E-state index is -0.539. The number of para-hydroxylation sites is 2. The van der Waals surface area contributed by atoms with Crippen molar-refractivity contribution in [2.75, 3.05) is 31.1 Å². The van der Waals surface area contributed by atoms with E-state index < -0.39 is 6.10 Å². The molecular formula is C26H35N3O3. The maximum atomic E-state index is 12.8. The third-order valence-electron chi connectivity index (χ3n) is 5.69. The van der Waals surface area contributed by atoms with Gasteiger partial charge in [0.05, 0.1) is 5.69 Å². The molecule has 6 heteroatoms. The van der Waals surface area contributed by atoms with E-state index in [0.717, 1.165) is 38.9 Å². The molecular weight excluding hydrogens is 402 g/mol. The molecule has 0 fully saturated rings. The Balaban J connectivity index is 1.49. The Morgan fingerprint density at radius 1 is 1.03 bits per heavy atom. The second-order valence-electron chi connectivity index (χ2n) is 8.23. The number of hydrogen-bond acceptors (Lipinski definition) is 4. The van der Waals surface area contributed by atoms with Gasteiger partial charge in [-0.15, -0.1) is 0 Å². The average molecular weight is 438 g/mol. The summed E-state index contributed by atoms with van der Waals surface area (Å²) in [6.07, 6.45) is 3.22. The van der Waals surface area contributed by atoms with Crippen LogP contribution in [0.3, 0.4) is 0 Å². The van der Waals surface area contributed by atoms with Crippen LogP contribution >= 0.6 is 0 Å². The van der Waals surface area contributed by atoms with Gasteiger partial charge in [-0.3, -0.25) is 19.4 Å². The van der Waals surface area contributed by atoms with E-state index in [1.807, 2.05) is 37.3 Å². The SMILES string of the molecule is CCCCN(CCCNC(=O)CN1C(=O)[C@H](CC)Oc2ccccc21)Cc1ccccc1. The summed E-state index contributed by atoms with van der Waals surface area (Å²) in [7, 11) is 0. The van der Waals surface area contributed by atoms with Gasteiger partial charge in [-0.05, 0) is 43.5 Å². The Labute approximate surface area is 191 Å². The Morgan fingerprint density at radius 3 is 2.50 bits per heavy atom. The van der Waals surface area contributed by atoms with E-state index in [2.05, 4.69) is 41.4 Å². The number of nitrogens with one attached hydrogen (secondary N) is 1. The van der Waals surface area contributed by atoms with Gasteiger partial charge >= 0.3 is 0 Å². The molecule has 1 aliphatic rings. The average Bonchev–Trinajstić information content (AvgIpc) is 2.82. The van der Waals surface area contributed by atoms with Crippen LogP contribution in [-0.4, -0.2) is 49.0 Å². The van der Waals surface area contributed by atoms with Crippen molar-refractivity contribution in [3.63, 3.8) is 0 Å². The summed E-state index contributed by atoms with van der Waals surface area (Å²) in [6, 6.07) is 17.9. The molecule has 0 saturated heterocycles. The molecule has 172 valence electrons. The smallest absolute Gasteiger partial charge is 0.268 e. The summed E-state index contributed by atoms with van der Waals surface area (Å²) in [5.41, 5.74) is 1.97. The van der Waals surface area contributed by atoms with Crippen molar-refractivity contribution in [2.45, 2.75) is 52.2 Å². The number of anilines is 1. The van der Waals surface area contributed by atoms with E-state index in [0.29, 0.717) is 24.4 Å². The number of ether oxygens (including phenoxy) is 1. The summed E-state index contributed by atoms with van der Waals surface area (Å²) in [6.45, 7) is 7.62. The molecule has 2 aromatic carbocycles. The standard InChI is InChI=1S/C26H35N3O3/c1-3-5-17-28(19-21-12-7-6-8-13-21)18-11-16-27-25(30)20-29-22-14-9-10-15-24(22)32-23(4-2)26(29)31/h6-10,12-15,23H,3-5,11,16-20H2,1-2H3,(H,27,30)/t23-/m0/s1. The third-order valence-corrected chi connectivity index (χ3v) is 5.69. The molecule has 0 spiro atoms. The van der Waals surface area contributed by atoms with Gasteiger partial charge in [-0.25, -0.2) is 0 Å². The highest BCUT2D eigenvalue weighted by atomic mass is 16.5. The molecule has 3 rings (SSSR count). The number of rotatable bonds is 12. The van der Waals surface area contributed by atoms with Gasteiger partial charge < -0.3 is 10.1 Å². The van der Waals surface area contributed by atoms with Crippen LogP contribution in [0.4, 0.5) is 5.69 Å². The number of amides is 2. The Hall–Kier alpha value is -2.86. The van der Waals surface area contributed by atoms with E-state index in [1.165, 1.54) is 5.56 Å². The molecule has 2 aromatic rings. The predicted molar refractivity (Wildman–Crippen MR) is 128 cm³/mol. The highest BCUT2D eigenvalue weighted by Crippen LogP contribution is 2.34. The van der Waals surface area contributed by atoms with Crippen LogP contribution in [0.1, 0.15) is 45.1 Å². The number of nitrogens with zero attached hydrogens (tertiary/aromatic N) is 2. The first-order valence-corrected chi connectivity index (χ1v) is 11.7. The first-order valence-electron chi connectivity index (χ1n) is 11.7. The van der Waals surface area contributed by atoms with Gasteiger partial charge in [0.2, 0.25) is 5.91 Å². The minimum Gasteiger partial charge on any atom is -0.478 e. The second-order valence-corrected chi connectivity index (χ2v) is 8.23. The van der Waals surface area contributed by atoms with Crippen molar-refractivity contribution in [3.05, 3.63) is 60.2 Å². The van der Waals surface area contributed by atoms with Gasteiger partial charge in [0.1, 0.15) is 12.3 Å². The number of fused-ring (bicyclic) bond motifs is 1. The van der Waals surface area contributed by atoms with Crippen molar-refractivity contribution in [1.82, 2.24) is 10.2 Å². The molecule has 1 heterocycles. The number of benzene rings is 2. The molecule has 1 aliphatic heterocycles. The molecule has 1 N–H and O–H groups in total. The third kappa shape index (κ3) is 6.57. The molecule has 0 aliphatic carbocycles. The summed E-state index contributed by atoms with van der Waals surface area (Å²) >= 11 is 0. The van der Waals surface area contributed by atoms with Gasteiger partial charge in [0.15, 0.2) is 6.10 Å². The quantitative estimate of drug-likeness (QED) is 0.510. The van der Waals surface area contributed by atoms with E-state index >= 15 is 0 Å². The maximum absolute atomic E-state index is 12.8. The fourth-order valence-electron chi connectivity index (χ4n) is 3.92. The number of carbonyl (C=O) groups excluding carboxylic acids is 2. The summed E-state index contributed by atoms with van der Waals surface area (Å²) in [4.78, 5) is 29.4. The van der Waals surface area contributed by atoms with E-state index in [1.54, 1.807) is 4.90 Å². The second kappa shape index (κ2) is 12.2. The molecule has 0 radical (unpaired) electrons. The van der Waals surface area contributed by atoms with Crippen molar-refractivity contribution < 1.29 is 14.3 Å². The highest BCUT2D eigenvalue weighted by Gasteiger charge is 2.34. The van der Waals surface area contributed by atoms with Gasteiger partial charge in [0, 0.05) is 19.6 Å². The lowest BCUT2D eigenvalue weighted by Crippen LogP contribution is -2.49. The van der Waals surface area contributed by atoms with Crippen LogP contribution < -0.4 is 15.0 Å². The first-order chi connectivity index (χ1) is 15.6.